The van der Waals surface area contributed by atoms with Gasteiger partial charge >= 0.3 is 0 Å². The molecule has 178 valence electrons. The molecule has 1 amide bonds. The topological polar surface area (TPSA) is 42.0 Å². The highest BCUT2D eigenvalue weighted by atomic mass is 16.5. The minimum absolute atomic E-state index is 0.231. The molecule has 0 aliphatic carbocycles. The van der Waals surface area contributed by atoms with E-state index in [-0.39, 0.29) is 5.41 Å². The van der Waals surface area contributed by atoms with Gasteiger partial charge in [-0.05, 0) is 81.4 Å². The van der Waals surface area contributed by atoms with Crippen LogP contribution in [0.1, 0.15) is 50.2 Å². The van der Waals surface area contributed by atoms with Gasteiger partial charge < -0.3 is 14.4 Å². The molecule has 2 aromatic rings. The van der Waals surface area contributed by atoms with Gasteiger partial charge in [-0.2, -0.15) is 0 Å². The van der Waals surface area contributed by atoms with Crippen molar-refractivity contribution in [3.63, 3.8) is 0 Å². The first-order valence-electron chi connectivity index (χ1n) is 12.5. The Hall–Kier alpha value is -2.53. The fraction of sp³-hybridized carbons (Fsp3) is 0.536. The van der Waals surface area contributed by atoms with Gasteiger partial charge in [-0.25, -0.2) is 0 Å². The molecule has 1 spiro atoms. The molecule has 0 aromatic heterocycles. The van der Waals surface area contributed by atoms with Crippen molar-refractivity contribution >= 4 is 5.91 Å². The van der Waals surface area contributed by atoms with E-state index >= 15 is 0 Å². The summed E-state index contributed by atoms with van der Waals surface area (Å²) in [5.74, 6) is 2.20. The number of piperidine rings is 1. The summed E-state index contributed by atoms with van der Waals surface area (Å²) >= 11 is 0. The molecule has 0 unspecified atom stereocenters. The molecule has 2 aliphatic rings. The average molecular weight is 451 g/mol. The van der Waals surface area contributed by atoms with E-state index in [2.05, 4.69) is 42.2 Å². The molecular formula is C28H38N2O3. The van der Waals surface area contributed by atoms with Gasteiger partial charge in [-0.15, -0.1) is 0 Å². The number of likely N-dealkylation sites (tertiary alicyclic amines) is 1. The zero-order chi connectivity index (χ0) is 23.1. The molecule has 0 saturated carbocycles. The Morgan fingerprint density at radius 1 is 0.970 bits per heavy atom. The largest absolute Gasteiger partial charge is 0.497 e. The van der Waals surface area contributed by atoms with E-state index in [1.807, 2.05) is 23.1 Å². The van der Waals surface area contributed by atoms with E-state index in [1.165, 1.54) is 11.1 Å². The Morgan fingerprint density at radius 3 is 2.45 bits per heavy atom. The van der Waals surface area contributed by atoms with Crippen molar-refractivity contribution in [2.45, 2.75) is 52.0 Å². The predicted molar refractivity (Wildman–Crippen MR) is 132 cm³/mol. The lowest BCUT2D eigenvalue weighted by atomic mass is 9.73. The van der Waals surface area contributed by atoms with Crippen molar-refractivity contribution in [3.05, 3.63) is 59.7 Å². The number of ether oxygens (including phenoxy) is 2. The molecule has 33 heavy (non-hydrogen) atoms. The number of amides is 1. The third-order valence-corrected chi connectivity index (χ3v) is 7.44. The van der Waals surface area contributed by atoms with Crippen LogP contribution in [0.3, 0.4) is 0 Å². The summed E-state index contributed by atoms with van der Waals surface area (Å²) in [6, 6.07) is 16.7. The Morgan fingerprint density at radius 2 is 1.73 bits per heavy atom. The summed E-state index contributed by atoms with van der Waals surface area (Å²) in [5.41, 5.74) is 2.35. The number of fused-ring (bicyclic) bond motifs is 1. The summed E-state index contributed by atoms with van der Waals surface area (Å²) in [6.45, 7) is 6.89. The second-order valence-corrected chi connectivity index (χ2v) is 9.45. The number of hydrogen-bond acceptors (Lipinski definition) is 4. The maximum atomic E-state index is 13.8. The molecule has 2 heterocycles. The Labute approximate surface area is 198 Å². The van der Waals surface area contributed by atoms with Crippen molar-refractivity contribution in [1.82, 2.24) is 9.80 Å². The minimum atomic E-state index is -0.231. The summed E-state index contributed by atoms with van der Waals surface area (Å²) in [5, 5.41) is 0. The predicted octanol–water partition coefficient (Wildman–Crippen LogP) is 4.93. The van der Waals surface area contributed by atoms with Crippen molar-refractivity contribution in [3.8, 4) is 11.5 Å². The number of hydrogen-bond donors (Lipinski definition) is 0. The quantitative estimate of drug-likeness (QED) is 0.662. The van der Waals surface area contributed by atoms with Gasteiger partial charge in [-0.1, -0.05) is 36.8 Å². The number of rotatable bonds is 4. The monoisotopic (exact) mass is 450 g/mol. The van der Waals surface area contributed by atoms with Crippen LogP contribution in [0.5, 0.6) is 11.5 Å². The van der Waals surface area contributed by atoms with Gasteiger partial charge in [0.05, 0.1) is 19.1 Å². The number of aryl methyl sites for hydroxylation is 1. The fourth-order valence-corrected chi connectivity index (χ4v) is 5.33. The molecule has 0 N–H and O–H groups in total. The molecule has 4 rings (SSSR count). The van der Waals surface area contributed by atoms with E-state index in [1.54, 1.807) is 7.11 Å². The van der Waals surface area contributed by atoms with Crippen LogP contribution in [0.4, 0.5) is 0 Å². The minimum Gasteiger partial charge on any atom is -0.497 e. The number of nitrogens with zero attached hydrogens (tertiary/aromatic N) is 2. The van der Waals surface area contributed by atoms with Gasteiger partial charge in [0.1, 0.15) is 18.1 Å². The lowest BCUT2D eigenvalue weighted by molar-refractivity contribution is -0.146. The summed E-state index contributed by atoms with van der Waals surface area (Å²) < 4.78 is 11.4. The number of likely N-dealkylation sites (N-methyl/N-ethyl adjacent to an activating group) is 1. The molecule has 0 radical (unpaired) electrons. The molecule has 0 atom stereocenters. The van der Waals surface area contributed by atoms with Crippen LogP contribution in [-0.2, 0) is 17.8 Å². The highest BCUT2D eigenvalue weighted by molar-refractivity contribution is 5.83. The number of para-hydroxylation sites is 1. The van der Waals surface area contributed by atoms with E-state index < -0.39 is 0 Å². The Balaban J connectivity index is 1.43. The molecule has 1 saturated heterocycles. The lowest BCUT2D eigenvalue weighted by Crippen LogP contribution is -2.51. The van der Waals surface area contributed by atoms with E-state index in [0.717, 1.165) is 76.2 Å². The summed E-state index contributed by atoms with van der Waals surface area (Å²) in [7, 11) is 1.70. The molecule has 5 heteroatoms. The first-order valence-corrected chi connectivity index (χ1v) is 12.5. The third kappa shape index (κ3) is 5.70. The standard InChI is InChI=1S/C28H38N2O3/c1-3-30-20-21-33-26-10-5-4-8-24(26)9-6-7-15-28(27(30)31)16-18-29(19-17-28)22-23-11-13-25(32-2)14-12-23/h4-5,8,10-14H,3,6-7,9,15-22H2,1-2H3. The van der Waals surface area contributed by atoms with Gasteiger partial charge in [0.15, 0.2) is 0 Å². The van der Waals surface area contributed by atoms with Crippen LogP contribution in [0.15, 0.2) is 48.5 Å². The van der Waals surface area contributed by atoms with Crippen LogP contribution >= 0.6 is 0 Å². The highest BCUT2D eigenvalue weighted by Crippen LogP contribution is 2.39. The maximum absolute atomic E-state index is 13.8. The molecule has 2 aromatic carbocycles. The SMILES string of the molecule is CCN1CCOc2ccccc2CCCCC2(CCN(Cc3ccc(OC)cc3)CC2)C1=O. The molecule has 0 bridgehead atoms. The lowest BCUT2D eigenvalue weighted by Gasteiger charge is -2.43. The van der Waals surface area contributed by atoms with Gasteiger partial charge in [0, 0.05) is 13.1 Å². The zero-order valence-corrected chi connectivity index (χ0v) is 20.2. The van der Waals surface area contributed by atoms with Crippen LogP contribution < -0.4 is 9.47 Å². The number of benzene rings is 2. The van der Waals surface area contributed by atoms with Gasteiger partial charge in [-0.3, -0.25) is 9.69 Å². The van der Waals surface area contributed by atoms with Crippen molar-refractivity contribution in [2.75, 3.05) is 39.9 Å². The van der Waals surface area contributed by atoms with E-state index in [9.17, 15) is 4.79 Å². The first kappa shape index (κ1) is 23.6. The highest BCUT2D eigenvalue weighted by Gasteiger charge is 2.42. The van der Waals surface area contributed by atoms with Crippen LogP contribution in [0.25, 0.3) is 0 Å². The van der Waals surface area contributed by atoms with Gasteiger partial charge in [0.25, 0.3) is 0 Å². The van der Waals surface area contributed by atoms with Crippen LogP contribution in [0.2, 0.25) is 0 Å². The van der Waals surface area contributed by atoms with Crippen LogP contribution in [0, 0.1) is 5.41 Å². The smallest absolute Gasteiger partial charge is 0.228 e. The maximum Gasteiger partial charge on any atom is 0.228 e. The molecule has 1 fully saturated rings. The van der Waals surface area contributed by atoms with E-state index in [0.29, 0.717) is 19.1 Å². The van der Waals surface area contributed by atoms with Gasteiger partial charge in [0.2, 0.25) is 5.91 Å². The molecule has 5 nitrogen and oxygen atoms in total. The third-order valence-electron chi connectivity index (χ3n) is 7.44. The Bertz CT molecular complexity index is 904. The zero-order valence-electron chi connectivity index (χ0n) is 20.2. The fourth-order valence-electron chi connectivity index (χ4n) is 5.33. The average Bonchev–Trinajstić information content (AvgIpc) is 2.86. The first-order chi connectivity index (χ1) is 16.1. The van der Waals surface area contributed by atoms with Crippen molar-refractivity contribution < 1.29 is 14.3 Å². The second kappa shape index (κ2) is 11.1. The van der Waals surface area contributed by atoms with E-state index in [4.69, 9.17) is 9.47 Å². The number of methoxy groups -OCH3 is 1. The van der Waals surface area contributed by atoms with Crippen LogP contribution in [-0.4, -0.2) is 55.6 Å². The van der Waals surface area contributed by atoms with Crippen molar-refractivity contribution in [1.29, 1.82) is 0 Å². The summed E-state index contributed by atoms with van der Waals surface area (Å²) in [4.78, 5) is 18.3. The molecular weight excluding hydrogens is 412 g/mol. The normalized spacial score (nSPS) is 19.8. The van der Waals surface area contributed by atoms with Crippen molar-refractivity contribution in [2.24, 2.45) is 5.41 Å². The number of carbonyl (C=O) groups is 1. The second-order valence-electron chi connectivity index (χ2n) is 9.45. The summed E-state index contributed by atoms with van der Waals surface area (Å²) in [6.07, 6.45) is 6.06. The number of carbonyl (C=O) groups excluding carboxylic acids is 1. The molecule has 2 aliphatic heterocycles. The Kier molecular flexibility index (Phi) is 7.92.